The summed E-state index contributed by atoms with van der Waals surface area (Å²) in [6.07, 6.45) is 5.47. The quantitative estimate of drug-likeness (QED) is 0.925. The van der Waals surface area contributed by atoms with Gasteiger partial charge in [-0.25, -0.2) is 0 Å². The number of pyridine rings is 1. The molecule has 2 saturated heterocycles. The van der Waals surface area contributed by atoms with Crippen molar-refractivity contribution in [2.45, 2.75) is 44.8 Å². The lowest BCUT2D eigenvalue weighted by molar-refractivity contribution is -0.0855. The third-order valence-electron chi connectivity index (χ3n) is 4.75. The van der Waals surface area contributed by atoms with Gasteiger partial charge < -0.3 is 10.1 Å². The summed E-state index contributed by atoms with van der Waals surface area (Å²) in [6, 6.07) is 4.67. The van der Waals surface area contributed by atoms with E-state index < -0.39 is 0 Å². The van der Waals surface area contributed by atoms with E-state index in [1.807, 2.05) is 18.0 Å². The smallest absolute Gasteiger partial charge is 0.0783 e. The van der Waals surface area contributed by atoms with E-state index in [0.717, 1.165) is 19.6 Å². The zero-order valence-corrected chi connectivity index (χ0v) is 13.9. The van der Waals surface area contributed by atoms with E-state index in [1.165, 1.54) is 35.6 Å². The number of thioether (sulfide) groups is 1. The Bertz CT molecular complexity index is 474. The number of hydrogen-bond acceptors (Lipinski definition) is 4. The zero-order chi connectivity index (χ0) is 14.7. The van der Waals surface area contributed by atoms with Gasteiger partial charge in [0.2, 0.25) is 0 Å². The summed E-state index contributed by atoms with van der Waals surface area (Å²) in [5.41, 5.74) is 2.64. The van der Waals surface area contributed by atoms with Crippen LogP contribution in [0.5, 0.6) is 0 Å². The summed E-state index contributed by atoms with van der Waals surface area (Å²) in [4.78, 5) is 4.64. The van der Waals surface area contributed by atoms with Gasteiger partial charge in [0.15, 0.2) is 0 Å². The van der Waals surface area contributed by atoms with E-state index in [4.69, 9.17) is 4.74 Å². The van der Waals surface area contributed by atoms with Crippen molar-refractivity contribution in [3.8, 4) is 0 Å². The van der Waals surface area contributed by atoms with Crippen molar-refractivity contribution in [3.63, 3.8) is 0 Å². The van der Waals surface area contributed by atoms with Crippen molar-refractivity contribution in [3.05, 3.63) is 29.6 Å². The lowest BCUT2D eigenvalue weighted by Crippen LogP contribution is -2.44. The average Bonchev–Trinajstić information content (AvgIpc) is 2.92. The second-order valence-electron chi connectivity index (χ2n) is 6.38. The van der Waals surface area contributed by atoms with Crippen LogP contribution in [0.4, 0.5) is 0 Å². The summed E-state index contributed by atoms with van der Waals surface area (Å²) < 4.78 is 6.18. The SMILES string of the molecule is CCNC(c1cc(C)ccn1)C1CCOC2(CCSC2)C1. The maximum absolute atomic E-state index is 6.18. The molecule has 4 heteroatoms. The topological polar surface area (TPSA) is 34.2 Å². The molecule has 3 heterocycles. The fraction of sp³-hybridized carbons (Fsp3) is 0.706. The molecule has 1 spiro atoms. The maximum Gasteiger partial charge on any atom is 0.0783 e. The van der Waals surface area contributed by atoms with E-state index in [9.17, 15) is 0 Å². The van der Waals surface area contributed by atoms with Crippen LogP contribution >= 0.6 is 11.8 Å². The molecule has 1 N–H and O–H groups in total. The summed E-state index contributed by atoms with van der Waals surface area (Å²) in [5, 5.41) is 3.68. The van der Waals surface area contributed by atoms with Crippen LogP contribution < -0.4 is 5.32 Å². The maximum atomic E-state index is 6.18. The molecule has 1 aromatic rings. The zero-order valence-electron chi connectivity index (χ0n) is 13.1. The summed E-state index contributed by atoms with van der Waals surface area (Å²) in [7, 11) is 0. The van der Waals surface area contributed by atoms with E-state index in [-0.39, 0.29) is 5.60 Å². The molecule has 116 valence electrons. The number of rotatable bonds is 4. The highest BCUT2D eigenvalue weighted by Crippen LogP contribution is 2.43. The molecule has 21 heavy (non-hydrogen) atoms. The first-order valence-electron chi connectivity index (χ1n) is 8.10. The summed E-state index contributed by atoms with van der Waals surface area (Å²) in [6.45, 7) is 6.22. The van der Waals surface area contributed by atoms with Crippen LogP contribution in [0.1, 0.15) is 43.5 Å². The highest BCUT2D eigenvalue weighted by atomic mass is 32.2. The van der Waals surface area contributed by atoms with E-state index in [1.54, 1.807) is 0 Å². The van der Waals surface area contributed by atoms with Gasteiger partial charge in [-0.05, 0) is 62.1 Å². The molecule has 2 fully saturated rings. The van der Waals surface area contributed by atoms with Gasteiger partial charge >= 0.3 is 0 Å². The fourth-order valence-corrected chi connectivity index (χ4v) is 5.05. The molecule has 0 radical (unpaired) electrons. The third-order valence-corrected chi connectivity index (χ3v) is 5.97. The largest absolute Gasteiger partial charge is 0.374 e. The van der Waals surface area contributed by atoms with Crippen LogP contribution in [0.25, 0.3) is 0 Å². The summed E-state index contributed by atoms with van der Waals surface area (Å²) in [5.74, 6) is 3.05. The number of nitrogens with zero attached hydrogens (tertiary/aromatic N) is 1. The van der Waals surface area contributed by atoms with E-state index in [2.05, 4.69) is 36.3 Å². The van der Waals surface area contributed by atoms with Gasteiger partial charge in [-0.15, -0.1) is 0 Å². The molecule has 3 atom stereocenters. The highest BCUT2D eigenvalue weighted by molar-refractivity contribution is 7.99. The van der Waals surface area contributed by atoms with Crippen molar-refractivity contribution in [2.75, 3.05) is 24.7 Å². The Kier molecular flexibility index (Phi) is 4.87. The first-order chi connectivity index (χ1) is 10.2. The van der Waals surface area contributed by atoms with Gasteiger partial charge in [-0.1, -0.05) is 6.92 Å². The molecule has 0 aromatic carbocycles. The van der Waals surface area contributed by atoms with Crippen LogP contribution in [-0.4, -0.2) is 35.2 Å². The third kappa shape index (κ3) is 3.43. The molecular formula is C17H26N2OS. The Balaban J connectivity index is 1.80. The van der Waals surface area contributed by atoms with Crippen molar-refractivity contribution in [1.29, 1.82) is 0 Å². The van der Waals surface area contributed by atoms with E-state index >= 15 is 0 Å². The van der Waals surface area contributed by atoms with Crippen molar-refractivity contribution in [1.82, 2.24) is 10.3 Å². The monoisotopic (exact) mass is 306 g/mol. The molecule has 2 aliphatic heterocycles. The number of ether oxygens (including phenoxy) is 1. The number of aromatic nitrogens is 1. The molecule has 1 aromatic heterocycles. The Labute approximate surface area is 132 Å². The van der Waals surface area contributed by atoms with Crippen molar-refractivity contribution in [2.24, 2.45) is 5.92 Å². The van der Waals surface area contributed by atoms with Crippen LogP contribution in [0, 0.1) is 12.8 Å². The van der Waals surface area contributed by atoms with Crippen molar-refractivity contribution >= 4 is 11.8 Å². The predicted octanol–water partition coefficient (Wildman–Crippen LogP) is 3.34. The average molecular weight is 306 g/mol. The normalized spacial score (nSPS) is 30.7. The fourth-order valence-electron chi connectivity index (χ4n) is 3.68. The predicted molar refractivity (Wildman–Crippen MR) is 88.7 cm³/mol. The van der Waals surface area contributed by atoms with Gasteiger partial charge in [0, 0.05) is 18.6 Å². The van der Waals surface area contributed by atoms with Crippen LogP contribution in [0.2, 0.25) is 0 Å². The molecule has 0 saturated carbocycles. The second kappa shape index (κ2) is 6.67. The lowest BCUT2D eigenvalue weighted by Gasteiger charge is -2.41. The highest BCUT2D eigenvalue weighted by Gasteiger charge is 2.42. The number of nitrogens with one attached hydrogen (secondary N) is 1. The first kappa shape index (κ1) is 15.3. The molecule has 3 unspecified atom stereocenters. The van der Waals surface area contributed by atoms with Crippen molar-refractivity contribution < 1.29 is 4.74 Å². The minimum absolute atomic E-state index is 0.144. The molecule has 3 rings (SSSR count). The molecule has 0 bridgehead atoms. The van der Waals surface area contributed by atoms with Gasteiger partial charge in [0.1, 0.15) is 0 Å². The molecule has 0 amide bonds. The molecule has 0 aliphatic carbocycles. The van der Waals surface area contributed by atoms with Gasteiger partial charge in [0.05, 0.1) is 17.3 Å². The first-order valence-corrected chi connectivity index (χ1v) is 9.25. The van der Waals surface area contributed by atoms with E-state index in [0.29, 0.717) is 12.0 Å². The van der Waals surface area contributed by atoms with Crippen LogP contribution in [0.15, 0.2) is 18.3 Å². The minimum Gasteiger partial charge on any atom is -0.374 e. The van der Waals surface area contributed by atoms with Crippen LogP contribution in [-0.2, 0) is 4.74 Å². The van der Waals surface area contributed by atoms with Crippen LogP contribution in [0.3, 0.4) is 0 Å². The molecular weight excluding hydrogens is 280 g/mol. The Hall–Kier alpha value is -0.580. The standard InChI is InChI=1S/C17H26N2OS/c1-3-18-16(15-10-13(2)4-7-19-15)14-5-8-20-17(11-14)6-9-21-12-17/h4,7,10,14,16,18H,3,5-6,8-9,11-12H2,1-2H3. The second-order valence-corrected chi connectivity index (χ2v) is 7.49. The number of aryl methyl sites for hydroxylation is 1. The minimum atomic E-state index is 0.144. The van der Waals surface area contributed by atoms with Gasteiger partial charge in [-0.3, -0.25) is 4.98 Å². The number of hydrogen-bond donors (Lipinski definition) is 1. The Morgan fingerprint density at radius 1 is 1.57 bits per heavy atom. The summed E-state index contributed by atoms with van der Waals surface area (Å²) >= 11 is 2.04. The van der Waals surface area contributed by atoms with Gasteiger partial charge in [-0.2, -0.15) is 11.8 Å². The Morgan fingerprint density at radius 2 is 2.48 bits per heavy atom. The lowest BCUT2D eigenvalue weighted by atomic mass is 9.80. The molecule has 2 aliphatic rings. The Morgan fingerprint density at radius 3 is 3.19 bits per heavy atom. The molecule has 3 nitrogen and oxygen atoms in total. The van der Waals surface area contributed by atoms with Gasteiger partial charge in [0.25, 0.3) is 0 Å².